The van der Waals surface area contributed by atoms with Gasteiger partial charge in [0.1, 0.15) is 5.82 Å². The van der Waals surface area contributed by atoms with Gasteiger partial charge in [-0.2, -0.15) is 5.26 Å². The summed E-state index contributed by atoms with van der Waals surface area (Å²) < 4.78 is 1.98. The lowest BCUT2D eigenvalue weighted by molar-refractivity contribution is 0.957. The second kappa shape index (κ2) is 3.97. The van der Waals surface area contributed by atoms with E-state index in [1.165, 1.54) is 0 Å². The monoisotopic (exact) mass is 234 g/mol. The summed E-state index contributed by atoms with van der Waals surface area (Å²) in [7, 11) is 1.94. The number of pyridine rings is 1. The zero-order chi connectivity index (χ0) is 12.5. The highest BCUT2D eigenvalue weighted by Crippen LogP contribution is 2.23. The fourth-order valence-electron chi connectivity index (χ4n) is 2.01. The second-order valence-corrected chi connectivity index (χ2v) is 4.05. The quantitative estimate of drug-likeness (QED) is 0.650. The van der Waals surface area contributed by atoms with E-state index in [4.69, 9.17) is 5.26 Å². The molecule has 0 N–H and O–H groups in total. The van der Waals surface area contributed by atoms with E-state index in [1.54, 1.807) is 18.5 Å². The first kappa shape index (κ1) is 10.5. The van der Waals surface area contributed by atoms with E-state index >= 15 is 0 Å². The number of hydrogen-bond acceptors (Lipinski definition) is 3. The normalized spacial score (nSPS) is 10.4. The van der Waals surface area contributed by atoms with Crippen molar-refractivity contribution < 1.29 is 0 Å². The lowest BCUT2D eigenvalue weighted by Gasteiger charge is -2.01. The third kappa shape index (κ3) is 1.54. The predicted molar refractivity (Wildman–Crippen MR) is 68.7 cm³/mol. The summed E-state index contributed by atoms with van der Waals surface area (Å²) in [6.45, 7) is 0. The molecule has 3 aromatic rings. The first-order chi connectivity index (χ1) is 8.79. The Kier molecular flexibility index (Phi) is 2.31. The second-order valence-electron chi connectivity index (χ2n) is 4.05. The molecule has 0 amide bonds. The molecule has 3 rings (SSSR count). The van der Waals surface area contributed by atoms with Crippen molar-refractivity contribution in [3.63, 3.8) is 0 Å². The van der Waals surface area contributed by atoms with Crippen LogP contribution in [0.2, 0.25) is 0 Å². The molecule has 0 aliphatic carbocycles. The van der Waals surface area contributed by atoms with Crippen molar-refractivity contribution in [2.45, 2.75) is 0 Å². The molecular weight excluding hydrogens is 224 g/mol. The van der Waals surface area contributed by atoms with Gasteiger partial charge in [-0.3, -0.25) is 4.98 Å². The third-order valence-corrected chi connectivity index (χ3v) is 2.93. The zero-order valence-electron chi connectivity index (χ0n) is 9.83. The van der Waals surface area contributed by atoms with Crippen LogP contribution in [0.15, 0.2) is 42.7 Å². The molecule has 0 aliphatic heterocycles. The van der Waals surface area contributed by atoms with Crippen LogP contribution in [0.4, 0.5) is 0 Å². The number of nitrogens with zero attached hydrogens (tertiary/aromatic N) is 4. The van der Waals surface area contributed by atoms with Gasteiger partial charge >= 0.3 is 0 Å². The first-order valence-corrected chi connectivity index (χ1v) is 5.56. The maximum Gasteiger partial charge on any atom is 0.142 e. The summed E-state index contributed by atoms with van der Waals surface area (Å²) in [4.78, 5) is 8.67. The van der Waals surface area contributed by atoms with Crippen LogP contribution in [0.1, 0.15) is 5.56 Å². The van der Waals surface area contributed by atoms with E-state index in [-0.39, 0.29) is 0 Å². The largest absolute Gasteiger partial charge is 0.327 e. The van der Waals surface area contributed by atoms with E-state index in [0.29, 0.717) is 5.56 Å². The maximum absolute atomic E-state index is 8.92. The van der Waals surface area contributed by atoms with Crippen molar-refractivity contribution in [3.8, 4) is 17.5 Å². The van der Waals surface area contributed by atoms with Crippen molar-refractivity contribution in [2.75, 3.05) is 0 Å². The molecule has 2 heterocycles. The molecule has 0 radical (unpaired) electrons. The number of aromatic nitrogens is 3. The minimum Gasteiger partial charge on any atom is -0.327 e. The van der Waals surface area contributed by atoms with Gasteiger partial charge in [0.05, 0.1) is 22.7 Å². The summed E-state index contributed by atoms with van der Waals surface area (Å²) in [6.07, 6.45) is 3.52. The fourth-order valence-corrected chi connectivity index (χ4v) is 2.01. The van der Waals surface area contributed by atoms with Crippen molar-refractivity contribution in [2.24, 2.45) is 7.05 Å². The highest BCUT2D eigenvalue weighted by atomic mass is 15.1. The van der Waals surface area contributed by atoms with Gasteiger partial charge in [0.25, 0.3) is 0 Å². The average molecular weight is 234 g/mol. The Bertz CT molecular complexity index is 751. The Morgan fingerprint density at radius 1 is 1.28 bits per heavy atom. The van der Waals surface area contributed by atoms with Crippen LogP contribution in [0.25, 0.3) is 22.4 Å². The van der Waals surface area contributed by atoms with Crippen LogP contribution in [0.5, 0.6) is 0 Å². The van der Waals surface area contributed by atoms with E-state index in [2.05, 4.69) is 16.0 Å². The molecule has 1 aromatic carbocycles. The topological polar surface area (TPSA) is 54.5 Å². The van der Waals surface area contributed by atoms with Crippen molar-refractivity contribution in [1.29, 1.82) is 5.26 Å². The molecule has 0 atom stereocenters. The lowest BCUT2D eigenvalue weighted by Crippen LogP contribution is -1.92. The fraction of sp³-hybridized carbons (Fsp3) is 0.0714. The number of benzene rings is 1. The van der Waals surface area contributed by atoms with Crippen LogP contribution in [0, 0.1) is 11.3 Å². The van der Waals surface area contributed by atoms with Crippen molar-refractivity contribution in [1.82, 2.24) is 14.5 Å². The number of aryl methyl sites for hydroxylation is 1. The summed E-state index contributed by atoms with van der Waals surface area (Å²) in [5, 5.41) is 8.92. The molecule has 4 heteroatoms. The summed E-state index contributed by atoms with van der Waals surface area (Å²) in [6, 6.07) is 11.5. The lowest BCUT2D eigenvalue weighted by atomic mass is 10.2. The third-order valence-electron chi connectivity index (χ3n) is 2.93. The Balaban J connectivity index is 2.27. The molecule has 0 unspecified atom stereocenters. The average Bonchev–Trinajstić information content (AvgIpc) is 2.77. The van der Waals surface area contributed by atoms with Crippen LogP contribution in [0.3, 0.4) is 0 Å². The molecule has 2 aromatic heterocycles. The molecule has 0 saturated heterocycles. The highest BCUT2D eigenvalue weighted by molar-refractivity contribution is 5.81. The Labute approximate surface area is 104 Å². The first-order valence-electron chi connectivity index (χ1n) is 5.56. The van der Waals surface area contributed by atoms with Gasteiger partial charge < -0.3 is 4.57 Å². The highest BCUT2D eigenvalue weighted by Gasteiger charge is 2.10. The predicted octanol–water partition coefficient (Wildman–Crippen LogP) is 2.51. The van der Waals surface area contributed by atoms with Gasteiger partial charge in [-0.1, -0.05) is 0 Å². The van der Waals surface area contributed by atoms with Gasteiger partial charge in [-0.25, -0.2) is 4.98 Å². The molecule has 0 spiro atoms. The summed E-state index contributed by atoms with van der Waals surface area (Å²) in [5.74, 6) is 0.855. The number of rotatable bonds is 1. The number of fused-ring (bicyclic) bond motifs is 1. The molecule has 0 fully saturated rings. The van der Waals surface area contributed by atoms with Crippen LogP contribution < -0.4 is 0 Å². The van der Waals surface area contributed by atoms with Gasteiger partial charge in [0.2, 0.25) is 0 Å². The Morgan fingerprint density at radius 3 is 2.89 bits per heavy atom. The Hall–Kier alpha value is -2.67. The minimum absolute atomic E-state index is 0.642. The van der Waals surface area contributed by atoms with Gasteiger partial charge in [-0.15, -0.1) is 0 Å². The molecule has 86 valence electrons. The Morgan fingerprint density at radius 2 is 2.17 bits per heavy atom. The van der Waals surface area contributed by atoms with Gasteiger partial charge in [-0.05, 0) is 30.3 Å². The van der Waals surface area contributed by atoms with Crippen LogP contribution >= 0.6 is 0 Å². The smallest absolute Gasteiger partial charge is 0.142 e. The van der Waals surface area contributed by atoms with E-state index in [0.717, 1.165) is 22.4 Å². The van der Waals surface area contributed by atoms with Gasteiger partial charge in [0, 0.05) is 25.0 Å². The van der Waals surface area contributed by atoms with E-state index in [1.807, 2.05) is 35.9 Å². The summed E-state index contributed by atoms with van der Waals surface area (Å²) >= 11 is 0. The van der Waals surface area contributed by atoms with E-state index < -0.39 is 0 Å². The minimum atomic E-state index is 0.642. The van der Waals surface area contributed by atoms with Crippen molar-refractivity contribution >= 4 is 11.0 Å². The molecule has 18 heavy (non-hydrogen) atoms. The molecule has 0 aliphatic rings. The summed E-state index contributed by atoms with van der Waals surface area (Å²) in [5.41, 5.74) is 3.45. The maximum atomic E-state index is 8.92. The van der Waals surface area contributed by atoms with Gasteiger partial charge in [0.15, 0.2) is 0 Å². The number of imidazole rings is 1. The molecule has 0 saturated carbocycles. The molecular formula is C14H10N4. The SMILES string of the molecule is Cn1c(-c2cccnc2)nc2ccc(C#N)cc21. The number of nitriles is 1. The van der Waals surface area contributed by atoms with E-state index in [9.17, 15) is 0 Å². The molecule has 4 nitrogen and oxygen atoms in total. The molecule has 0 bridgehead atoms. The standard InChI is InChI=1S/C14H10N4/c1-18-13-7-10(8-15)4-5-12(13)17-14(18)11-3-2-6-16-9-11/h2-7,9H,1H3. The number of hydrogen-bond donors (Lipinski definition) is 0. The zero-order valence-corrected chi connectivity index (χ0v) is 9.83. The van der Waals surface area contributed by atoms with Crippen molar-refractivity contribution in [3.05, 3.63) is 48.3 Å². The van der Waals surface area contributed by atoms with Crippen LogP contribution in [-0.2, 0) is 7.05 Å². The van der Waals surface area contributed by atoms with Crippen LogP contribution in [-0.4, -0.2) is 14.5 Å².